The van der Waals surface area contributed by atoms with E-state index in [0.29, 0.717) is 0 Å². The highest BCUT2D eigenvalue weighted by molar-refractivity contribution is 7.92. The highest BCUT2D eigenvalue weighted by atomic mass is 32.2. The number of hydrogen-bond acceptors (Lipinski definition) is 4. The largest absolute Gasteiger partial charge is 0.479 e. The number of benzene rings is 1. The molecule has 17 heavy (non-hydrogen) atoms. The number of carboxylic acid groups (broad SMARTS) is 1. The maximum absolute atomic E-state index is 12.0. The molecule has 1 atom stereocenters. The number of carboxylic acids is 1. The number of rotatable bonds is 5. The van der Waals surface area contributed by atoms with Gasteiger partial charge in [-0.3, -0.25) is 5.32 Å². The second-order valence-electron chi connectivity index (χ2n) is 3.63. The van der Waals surface area contributed by atoms with E-state index in [0.717, 1.165) is 5.56 Å². The molecule has 1 unspecified atom stereocenters. The lowest BCUT2D eigenvalue weighted by atomic mass is 10.2. The Morgan fingerprint density at radius 2 is 1.88 bits per heavy atom. The van der Waals surface area contributed by atoms with Gasteiger partial charge in [-0.2, -0.15) is 0 Å². The first-order valence-electron chi connectivity index (χ1n) is 5.16. The lowest BCUT2D eigenvalue weighted by Gasteiger charge is -2.14. The summed E-state index contributed by atoms with van der Waals surface area (Å²) in [6.07, 6.45) is 0. The molecule has 0 aliphatic rings. The van der Waals surface area contributed by atoms with E-state index in [1.807, 2.05) is 6.92 Å². The van der Waals surface area contributed by atoms with Crippen LogP contribution in [0.25, 0.3) is 0 Å². The van der Waals surface area contributed by atoms with Gasteiger partial charge in [0.15, 0.2) is 0 Å². The summed E-state index contributed by atoms with van der Waals surface area (Å²) in [5, 5.41) is 9.76. The molecule has 0 aliphatic carbocycles. The molecular formula is C11H15NO4S. The first-order chi connectivity index (χ1) is 7.89. The first-order valence-corrected chi connectivity index (χ1v) is 6.71. The smallest absolute Gasteiger partial charge is 0.336 e. The molecular weight excluding hydrogens is 242 g/mol. The highest BCUT2D eigenvalue weighted by Crippen LogP contribution is 2.15. The normalized spacial score (nSPS) is 13.3. The van der Waals surface area contributed by atoms with Crippen LogP contribution in [0.2, 0.25) is 0 Å². The van der Waals surface area contributed by atoms with E-state index in [4.69, 9.17) is 5.11 Å². The molecule has 0 bridgehead atoms. The van der Waals surface area contributed by atoms with E-state index in [9.17, 15) is 13.2 Å². The third-order valence-electron chi connectivity index (χ3n) is 2.27. The van der Waals surface area contributed by atoms with Gasteiger partial charge < -0.3 is 5.11 Å². The van der Waals surface area contributed by atoms with Gasteiger partial charge in [-0.15, -0.1) is 0 Å². The monoisotopic (exact) mass is 257 g/mol. The molecule has 0 saturated carbocycles. The standard InChI is InChI=1S/C11H15NO4S/c1-3-12-10(11(13)14)17(15,16)9-6-4-8(2)5-7-9/h4-7,10,12H,3H2,1-2H3,(H,13,14). The Labute approximate surface area is 100 Å². The van der Waals surface area contributed by atoms with E-state index >= 15 is 0 Å². The van der Waals surface area contributed by atoms with Gasteiger partial charge in [0.05, 0.1) is 4.90 Å². The number of likely N-dealkylation sites (N-methyl/N-ethyl adjacent to an activating group) is 1. The van der Waals surface area contributed by atoms with Crippen molar-refractivity contribution < 1.29 is 18.3 Å². The second kappa shape index (κ2) is 5.29. The van der Waals surface area contributed by atoms with Gasteiger partial charge in [0.2, 0.25) is 15.2 Å². The summed E-state index contributed by atoms with van der Waals surface area (Å²) in [4.78, 5) is 10.9. The van der Waals surface area contributed by atoms with Gasteiger partial charge in [-0.25, -0.2) is 13.2 Å². The molecule has 1 aromatic rings. The third-order valence-corrected chi connectivity index (χ3v) is 4.19. The molecule has 1 rings (SSSR count). The molecule has 94 valence electrons. The number of nitrogens with one attached hydrogen (secondary N) is 1. The molecule has 6 heteroatoms. The lowest BCUT2D eigenvalue weighted by molar-refractivity contribution is -0.137. The Bertz CT molecular complexity index is 493. The minimum Gasteiger partial charge on any atom is -0.479 e. The van der Waals surface area contributed by atoms with Gasteiger partial charge >= 0.3 is 5.97 Å². The van der Waals surface area contributed by atoms with Crippen LogP contribution in [0.3, 0.4) is 0 Å². The summed E-state index contributed by atoms with van der Waals surface area (Å²) < 4.78 is 24.1. The van der Waals surface area contributed by atoms with Gasteiger partial charge in [-0.05, 0) is 25.6 Å². The molecule has 0 saturated heterocycles. The predicted molar refractivity (Wildman–Crippen MR) is 63.5 cm³/mol. The van der Waals surface area contributed by atoms with Crippen molar-refractivity contribution in [2.24, 2.45) is 0 Å². The Morgan fingerprint density at radius 3 is 2.29 bits per heavy atom. The van der Waals surface area contributed by atoms with Crippen LogP contribution in [0.15, 0.2) is 29.2 Å². The maximum Gasteiger partial charge on any atom is 0.336 e. The van der Waals surface area contributed by atoms with E-state index in [-0.39, 0.29) is 11.4 Å². The zero-order valence-electron chi connectivity index (χ0n) is 9.67. The third kappa shape index (κ3) is 3.04. The average molecular weight is 257 g/mol. The number of aliphatic carboxylic acids is 1. The fourth-order valence-corrected chi connectivity index (χ4v) is 2.82. The highest BCUT2D eigenvalue weighted by Gasteiger charge is 2.32. The molecule has 0 aromatic heterocycles. The summed E-state index contributed by atoms with van der Waals surface area (Å²) in [5.74, 6) is -1.40. The Balaban J connectivity index is 3.16. The van der Waals surface area contributed by atoms with Gasteiger partial charge in [0.25, 0.3) is 0 Å². The number of carbonyl (C=O) groups is 1. The molecule has 1 aromatic carbocycles. The number of aryl methyl sites for hydroxylation is 1. The van der Waals surface area contributed by atoms with E-state index in [2.05, 4.69) is 5.32 Å². The number of sulfone groups is 1. The maximum atomic E-state index is 12.0. The van der Waals surface area contributed by atoms with Crippen LogP contribution in [0.5, 0.6) is 0 Å². The quantitative estimate of drug-likeness (QED) is 0.814. The van der Waals surface area contributed by atoms with Crippen molar-refractivity contribution >= 4 is 15.8 Å². The van der Waals surface area contributed by atoms with Crippen molar-refractivity contribution in [3.63, 3.8) is 0 Å². The Kier molecular flexibility index (Phi) is 4.25. The Hall–Kier alpha value is -1.40. The van der Waals surface area contributed by atoms with Crippen LogP contribution in [0, 0.1) is 6.92 Å². The zero-order chi connectivity index (χ0) is 13.1. The summed E-state index contributed by atoms with van der Waals surface area (Å²) in [7, 11) is -3.89. The van der Waals surface area contributed by atoms with Crippen molar-refractivity contribution in [3.8, 4) is 0 Å². The van der Waals surface area contributed by atoms with E-state index < -0.39 is 21.2 Å². The van der Waals surface area contributed by atoms with Crippen LogP contribution in [0.4, 0.5) is 0 Å². The minimum atomic E-state index is -3.89. The van der Waals surface area contributed by atoms with Crippen LogP contribution < -0.4 is 5.32 Å². The van der Waals surface area contributed by atoms with Crippen molar-refractivity contribution in [3.05, 3.63) is 29.8 Å². The second-order valence-corrected chi connectivity index (χ2v) is 5.67. The number of hydrogen-bond donors (Lipinski definition) is 2. The van der Waals surface area contributed by atoms with E-state index in [1.165, 1.54) is 12.1 Å². The minimum absolute atomic E-state index is 0.0106. The predicted octanol–water partition coefficient (Wildman–Crippen LogP) is 0.789. The van der Waals surface area contributed by atoms with Gasteiger partial charge in [0, 0.05) is 0 Å². The average Bonchev–Trinajstić information content (AvgIpc) is 2.25. The lowest BCUT2D eigenvalue weighted by Crippen LogP contribution is -2.43. The fourth-order valence-electron chi connectivity index (χ4n) is 1.38. The van der Waals surface area contributed by atoms with Gasteiger partial charge in [-0.1, -0.05) is 24.6 Å². The molecule has 2 N–H and O–H groups in total. The van der Waals surface area contributed by atoms with Crippen molar-refractivity contribution in [1.82, 2.24) is 5.32 Å². The summed E-state index contributed by atoms with van der Waals surface area (Å²) in [5.41, 5.74) is 0.916. The van der Waals surface area contributed by atoms with Crippen LogP contribution in [-0.2, 0) is 14.6 Å². The summed E-state index contributed by atoms with van der Waals surface area (Å²) in [6.45, 7) is 3.75. The summed E-state index contributed by atoms with van der Waals surface area (Å²) >= 11 is 0. The van der Waals surface area contributed by atoms with Crippen molar-refractivity contribution in [2.45, 2.75) is 24.1 Å². The van der Waals surface area contributed by atoms with Gasteiger partial charge in [0.1, 0.15) is 0 Å². The topological polar surface area (TPSA) is 83.5 Å². The van der Waals surface area contributed by atoms with Crippen LogP contribution in [0.1, 0.15) is 12.5 Å². The molecule has 0 aliphatic heterocycles. The first kappa shape index (κ1) is 13.7. The zero-order valence-corrected chi connectivity index (χ0v) is 10.5. The molecule has 0 heterocycles. The van der Waals surface area contributed by atoms with Crippen molar-refractivity contribution in [1.29, 1.82) is 0 Å². The van der Waals surface area contributed by atoms with Crippen LogP contribution >= 0.6 is 0 Å². The molecule has 0 spiro atoms. The molecule has 0 radical (unpaired) electrons. The fraction of sp³-hybridized carbons (Fsp3) is 0.364. The molecule has 0 amide bonds. The molecule has 0 fully saturated rings. The van der Waals surface area contributed by atoms with Crippen molar-refractivity contribution in [2.75, 3.05) is 6.54 Å². The van der Waals surface area contributed by atoms with E-state index in [1.54, 1.807) is 19.1 Å². The molecule has 5 nitrogen and oxygen atoms in total. The van der Waals surface area contributed by atoms with Crippen LogP contribution in [-0.4, -0.2) is 31.4 Å². The summed E-state index contributed by atoms with van der Waals surface area (Å²) in [6, 6.07) is 6.10. The Morgan fingerprint density at radius 1 is 1.35 bits per heavy atom. The SMILES string of the molecule is CCNC(C(=O)O)S(=O)(=O)c1ccc(C)cc1.